The zero-order valence-electron chi connectivity index (χ0n) is 17.2. The predicted molar refractivity (Wildman–Crippen MR) is 117 cm³/mol. The van der Waals surface area contributed by atoms with Crippen molar-refractivity contribution in [1.82, 2.24) is 19.8 Å². The molecular formula is C24H28N4O2. The van der Waals surface area contributed by atoms with Crippen molar-refractivity contribution >= 4 is 16.8 Å². The molecule has 6 nitrogen and oxygen atoms in total. The maximum Gasteiger partial charge on any atom is 0.270 e. The van der Waals surface area contributed by atoms with Gasteiger partial charge in [-0.25, -0.2) is 0 Å². The number of aromatic nitrogens is 2. The highest BCUT2D eigenvalue weighted by molar-refractivity contribution is 5.98. The van der Waals surface area contributed by atoms with Gasteiger partial charge in [0.2, 0.25) is 0 Å². The maximum atomic E-state index is 12.9. The number of rotatable bonds is 4. The fraction of sp³-hybridized carbons (Fsp3) is 0.417. The summed E-state index contributed by atoms with van der Waals surface area (Å²) in [4.78, 5) is 24.8. The van der Waals surface area contributed by atoms with Gasteiger partial charge in [0.15, 0.2) is 0 Å². The number of nitrogens with one attached hydrogen (secondary N) is 1. The van der Waals surface area contributed by atoms with E-state index >= 15 is 0 Å². The number of amides is 1. The first-order valence-corrected chi connectivity index (χ1v) is 10.9. The Labute approximate surface area is 176 Å². The number of ether oxygens (including phenoxy) is 1. The molecular weight excluding hydrogens is 376 g/mol. The van der Waals surface area contributed by atoms with Gasteiger partial charge in [-0.05, 0) is 49.9 Å². The Balaban J connectivity index is 1.11. The Hall–Kier alpha value is -2.86. The van der Waals surface area contributed by atoms with Crippen molar-refractivity contribution in [2.45, 2.75) is 37.8 Å². The maximum absolute atomic E-state index is 12.9. The van der Waals surface area contributed by atoms with Gasteiger partial charge in [0.25, 0.3) is 5.91 Å². The third-order valence-corrected chi connectivity index (χ3v) is 6.46. The number of carbonyl (C=O) groups excluding carboxylic acids is 1. The van der Waals surface area contributed by atoms with Crippen LogP contribution in [0.2, 0.25) is 0 Å². The molecule has 2 fully saturated rings. The van der Waals surface area contributed by atoms with Gasteiger partial charge in [0, 0.05) is 55.5 Å². The number of H-pyrrole nitrogens is 1. The van der Waals surface area contributed by atoms with Gasteiger partial charge in [0.05, 0.1) is 0 Å². The molecule has 2 saturated heterocycles. The number of pyridine rings is 1. The quantitative estimate of drug-likeness (QED) is 0.720. The molecule has 2 aliphatic rings. The number of piperidine rings is 2. The molecule has 3 aromatic rings. The van der Waals surface area contributed by atoms with E-state index in [2.05, 4.69) is 14.9 Å². The Bertz CT molecular complexity index is 954. The van der Waals surface area contributed by atoms with Crippen LogP contribution in [0.15, 0.2) is 54.9 Å². The van der Waals surface area contributed by atoms with E-state index in [1.807, 2.05) is 47.4 Å². The summed E-state index contributed by atoms with van der Waals surface area (Å²) in [5, 5.41) is 1.09. The van der Waals surface area contributed by atoms with Gasteiger partial charge in [-0.2, -0.15) is 0 Å². The normalized spacial score (nSPS) is 19.3. The molecule has 0 saturated carbocycles. The van der Waals surface area contributed by atoms with Gasteiger partial charge in [0.1, 0.15) is 17.5 Å². The SMILES string of the molecule is O=C(c1cc2ccccc2[nH]1)N1CCC(N2CCC(Oc3ccncc3)CC2)CC1. The lowest BCUT2D eigenvalue weighted by atomic mass is 9.98. The van der Waals surface area contributed by atoms with Crippen LogP contribution in [0.3, 0.4) is 0 Å². The lowest BCUT2D eigenvalue weighted by molar-refractivity contribution is 0.0423. The van der Waals surface area contributed by atoms with Crippen molar-refractivity contribution in [2.75, 3.05) is 26.2 Å². The zero-order chi connectivity index (χ0) is 20.3. The summed E-state index contributed by atoms with van der Waals surface area (Å²) >= 11 is 0. The third kappa shape index (κ3) is 4.05. The van der Waals surface area contributed by atoms with Gasteiger partial charge >= 0.3 is 0 Å². The van der Waals surface area contributed by atoms with Crippen molar-refractivity contribution in [2.24, 2.45) is 0 Å². The van der Waals surface area contributed by atoms with Crippen LogP contribution in [0.25, 0.3) is 10.9 Å². The fourth-order valence-electron chi connectivity index (χ4n) is 4.76. The van der Waals surface area contributed by atoms with Crippen molar-refractivity contribution in [1.29, 1.82) is 0 Å². The van der Waals surface area contributed by atoms with E-state index in [0.717, 1.165) is 68.5 Å². The molecule has 30 heavy (non-hydrogen) atoms. The number of benzene rings is 1. The Morgan fingerprint density at radius 2 is 1.70 bits per heavy atom. The lowest BCUT2D eigenvalue weighted by Crippen LogP contribution is -2.50. The van der Waals surface area contributed by atoms with Crippen LogP contribution < -0.4 is 4.74 Å². The summed E-state index contributed by atoms with van der Waals surface area (Å²) < 4.78 is 6.09. The Morgan fingerprint density at radius 1 is 0.967 bits per heavy atom. The van der Waals surface area contributed by atoms with E-state index in [0.29, 0.717) is 11.7 Å². The first-order chi connectivity index (χ1) is 14.8. The summed E-state index contributed by atoms with van der Waals surface area (Å²) in [5.74, 6) is 1.03. The molecule has 0 spiro atoms. The van der Waals surface area contributed by atoms with Crippen LogP contribution >= 0.6 is 0 Å². The number of carbonyl (C=O) groups is 1. The molecule has 6 heteroatoms. The van der Waals surface area contributed by atoms with Crippen molar-refractivity contribution < 1.29 is 9.53 Å². The Morgan fingerprint density at radius 3 is 2.43 bits per heavy atom. The number of nitrogens with zero attached hydrogens (tertiary/aromatic N) is 3. The lowest BCUT2D eigenvalue weighted by Gasteiger charge is -2.41. The van der Waals surface area contributed by atoms with Crippen LogP contribution in [0.4, 0.5) is 0 Å². The van der Waals surface area contributed by atoms with E-state index in [9.17, 15) is 4.79 Å². The monoisotopic (exact) mass is 404 g/mol. The zero-order valence-corrected chi connectivity index (χ0v) is 17.2. The smallest absolute Gasteiger partial charge is 0.270 e. The van der Waals surface area contributed by atoms with Crippen molar-refractivity contribution in [3.63, 3.8) is 0 Å². The number of hydrogen-bond acceptors (Lipinski definition) is 4. The molecule has 5 rings (SSSR count). The summed E-state index contributed by atoms with van der Waals surface area (Å²) in [6.45, 7) is 3.78. The first kappa shape index (κ1) is 19.1. The topological polar surface area (TPSA) is 61.5 Å². The number of para-hydroxylation sites is 1. The number of likely N-dealkylation sites (tertiary alicyclic amines) is 2. The van der Waals surface area contributed by atoms with Crippen LogP contribution in [0.5, 0.6) is 5.75 Å². The fourth-order valence-corrected chi connectivity index (χ4v) is 4.76. The molecule has 2 aromatic heterocycles. The van der Waals surface area contributed by atoms with E-state index in [1.54, 1.807) is 12.4 Å². The standard InChI is InChI=1S/C24H28N4O2/c29-24(23-17-18-3-1-2-4-22(18)26-23)28-13-7-19(8-14-28)27-15-9-21(10-16-27)30-20-5-11-25-12-6-20/h1-6,11-12,17,19,21,26H,7-10,13-16H2. The van der Waals surface area contributed by atoms with Crippen LogP contribution in [-0.4, -0.2) is 64.0 Å². The summed E-state index contributed by atoms with van der Waals surface area (Å²) in [5.41, 5.74) is 1.72. The highest BCUT2D eigenvalue weighted by atomic mass is 16.5. The minimum atomic E-state index is 0.120. The van der Waals surface area contributed by atoms with Gasteiger partial charge in [-0.15, -0.1) is 0 Å². The number of fused-ring (bicyclic) bond motifs is 1. The molecule has 0 radical (unpaired) electrons. The number of hydrogen-bond donors (Lipinski definition) is 1. The van der Waals surface area contributed by atoms with Crippen LogP contribution in [0, 0.1) is 0 Å². The minimum Gasteiger partial charge on any atom is -0.490 e. The predicted octanol–water partition coefficient (Wildman–Crippen LogP) is 3.71. The van der Waals surface area contributed by atoms with Crippen LogP contribution in [0.1, 0.15) is 36.2 Å². The molecule has 2 aliphatic heterocycles. The van der Waals surface area contributed by atoms with Gasteiger partial charge in [-0.1, -0.05) is 18.2 Å². The van der Waals surface area contributed by atoms with Crippen LogP contribution in [-0.2, 0) is 0 Å². The molecule has 4 heterocycles. The van der Waals surface area contributed by atoms with Gasteiger partial charge in [-0.3, -0.25) is 14.7 Å². The summed E-state index contributed by atoms with van der Waals surface area (Å²) in [7, 11) is 0. The second-order valence-electron chi connectivity index (χ2n) is 8.33. The second-order valence-corrected chi connectivity index (χ2v) is 8.33. The molecule has 1 aromatic carbocycles. The van der Waals surface area contributed by atoms with Gasteiger partial charge < -0.3 is 14.6 Å². The van der Waals surface area contributed by atoms with E-state index in [1.165, 1.54) is 0 Å². The minimum absolute atomic E-state index is 0.120. The van der Waals surface area contributed by atoms with Crippen molar-refractivity contribution in [3.05, 3.63) is 60.6 Å². The van der Waals surface area contributed by atoms with E-state index in [4.69, 9.17) is 4.74 Å². The van der Waals surface area contributed by atoms with Crippen molar-refractivity contribution in [3.8, 4) is 5.75 Å². The molecule has 0 atom stereocenters. The largest absolute Gasteiger partial charge is 0.490 e. The summed E-state index contributed by atoms with van der Waals surface area (Å²) in [6, 6.07) is 14.4. The highest BCUT2D eigenvalue weighted by Gasteiger charge is 2.30. The second kappa shape index (κ2) is 8.48. The molecule has 1 amide bonds. The summed E-state index contributed by atoms with van der Waals surface area (Å²) in [6.07, 6.45) is 8.02. The molecule has 0 unspecified atom stereocenters. The highest BCUT2D eigenvalue weighted by Crippen LogP contribution is 2.25. The number of aromatic amines is 1. The molecule has 156 valence electrons. The Kier molecular flexibility index (Phi) is 5.41. The average molecular weight is 405 g/mol. The van der Waals surface area contributed by atoms with E-state index in [-0.39, 0.29) is 12.0 Å². The average Bonchev–Trinajstić information content (AvgIpc) is 3.24. The molecule has 1 N–H and O–H groups in total. The molecule has 0 aliphatic carbocycles. The third-order valence-electron chi connectivity index (χ3n) is 6.46. The van der Waals surface area contributed by atoms with E-state index < -0.39 is 0 Å². The molecule has 0 bridgehead atoms. The first-order valence-electron chi connectivity index (χ1n) is 10.9.